The van der Waals surface area contributed by atoms with E-state index in [1.807, 2.05) is 6.07 Å². The fourth-order valence-electron chi connectivity index (χ4n) is 2.22. The van der Waals surface area contributed by atoms with Gasteiger partial charge in [0.05, 0.1) is 18.9 Å². The highest BCUT2D eigenvalue weighted by Crippen LogP contribution is 2.16. The van der Waals surface area contributed by atoms with Crippen LogP contribution in [0, 0.1) is 0 Å². The molecule has 0 aliphatic carbocycles. The number of morpholine rings is 1. The molecule has 1 aromatic heterocycles. The van der Waals surface area contributed by atoms with Gasteiger partial charge in [0, 0.05) is 25.7 Å². The van der Waals surface area contributed by atoms with Crippen LogP contribution >= 0.6 is 0 Å². The predicted octanol–water partition coefficient (Wildman–Crippen LogP) is 1.32. The summed E-state index contributed by atoms with van der Waals surface area (Å²) in [5.41, 5.74) is 6.71. The maximum Gasteiger partial charge on any atom is 0.222 e. The molecule has 1 aliphatic rings. The number of nitrogens with one attached hydrogen (secondary N) is 1. The van der Waals surface area contributed by atoms with Crippen molar-refractivity contribution in [2.24, 2.45) is 0 Å². The Morgan fingerprint density at radius 1 is 1.35 bits per heavy atom. The molecule has 0 bridgehead atoms. The second-order valence-corrected chi connectivity index (χ2v) is 5.43. The van der Waals surface area contributed by atoms with Gasteiger partial charge in [-0.3, -0.25) is 4.90 Å². The molecule has 1 saturated heterocycles. The summed E-state index contributed by atoms with van der Waals surface area (Å²) in [6, 6.07) is 1.98. The largest absolute Gasteiger partial charge is 0.379 e. The Labute approximate surface area is 120 Å². The first kappa shape index (κ1) is 15.0. The molecule has 0 radical (unpaired) electrons. The van der Waals surface area contributed by atoms with Crippen molar-refractivity contribution in [1.82, 2.24) is 14.9 Å². The van der Waals surface area contributed by atoms with Crippen molar-refractivity contribution in [2.75, 3.05) is 50.4 Å². The van der Waals surface area contributed by atoms with E-state index in [0.29, 0.717) is 11.9 Å². The first-order chi connectivity index (χ1) is 9.65. The molecule has 0 spiro atoms. The molecule has 1 aliphatic heterocycles. The van der Waals surface area contributed by atoms with E-state index in [4.69, 9.17) is 10.5 Å². The average Bonchev–Trinajstić information content (AvgIpc) is 2.44. The molecule has 0 saturated carbocycles. The van der Waals surface area contributed by atoms with E-state index in [9.17, 15) is 0 Å². The lowest BCUT2D eigenvalue weighted by atomic mass is 10.1. The van der Waals surface area contributed by atoms with Crippen LogP contribution in [0.4, 0.5) is 11.8 Å². The lowest BCUT2D eigenvalue weighted by molar-refractivity contribution is 0.0378. The molecule has 6 nitrogen and oxygen atoms in total. The Morgan fingerprint density at radius 3 is 2.80 bits per heavy atom. The molecule has 0 aromatic carbocycles. The van der Waals surface area contributed by atoms with Crippen LogP contribution in [0.5, 0.6) is 0 Å². The zero-order valence-electron chi connectivity index (χ0n) is 12.4. The van der Waals surface area contributed by atoms with Crippen molar-refractivity contribution in [3.05, 3.63) is 11.8 Å². The van der Waals surface area contributed by atoms with E-state index in [0.717, 1.165) is 57.3 Å². The molecular formula is C14H25N5O. The van der Waals surface area contributed by atoms with E-state index < -0.39 is 0 Å². The van der Waals surface area contributed by atoms with E-state index >= 15 is 0 Å². The second kappa shape index (κ2) is 7.40. The van der Waals surface area contributed by atoms with Crippen LogP contribution in [-0.2, 0) is 4.74 Å². The number of nitrogen functional groups attached to an aromatic ring is 1. The van der Waals surface area contributed by atoms with Gasteiger partial charge in [-0.1, -0.05) is 13.8 Å². The maximum atomic E-state index is 5.73. The van der Waals surface area contributed by atoms with Gasteiger partial charge in [-0.25, -0.2) is 4.98 Å². The van der Waals surface area contributed by atoms with Gasteiger partial charge in [-0.05, 0) is 18.9 Å². The van der Waals surface area contributed by atoms with Crippen molar-refractivity contribution in [3.63, 3.8) is 0 Å². The molecular weight excluding hydrogens is 254 g/mol. The molecule has 0 atom stereocenters. The number of aromatic nitrogens is 2. The van der Waals surface area contributed by atoms with Crippen LogP contribution in [0.3, 0.4) is 0 Å². The third-order valence-electron chi connectivity index (χ3n) is 3.42. The van der Waals surface area contributed by atoms with Crippen LogP contribution < -0.4 is 11.1 Å². The SMILES string of the molecule is CC(C)c1cc(NCCCN2CCOCC2)nc(N)n1. The summed E-state index contributed by atoms with van der Waals surface area (Å²) in [4.78, 5) is 10.9. The first-order valence-electron chi connectivity index (χ1n) is 7.33. The normalized spacial score (nSPS) is 16.6. The molecule has 6 heteroatoms. The molecule has 0 unspecified atom stereocenters. The Morgan fingerprint density at radius 2 is 2.10 bits per heavy atom. The summed E-state index contributed by atoms with van der Waals surface area (Å²) in [5.74, 6) is 1.52. The van der Waals surface area contributed by atoms with Crippen LogP contribution in [0.1, 0.15) is 31.9 Å². The van der Waals surface area contributed by atoms with Crippen LogP contribution in [0.25, 0.3) is 0 Å². The number of rotatable bonds is 6. The molecule has 20 heavy (non-hydrogen) atoms. The lowest BCUT2D eigenvalue weighted by Gasteiger charge is -2.26. The van der Waals surface area contributed by atoms with Gasteiger partial charge >= 0.3 is 0 Å². The van der Waals surface area contributed by atoms with Gasteiger partial charge in [0.2, 0.25) is 5.95 Å². The number of hydrogen-bond acceptors (Lipinski definition) is 6. The number of ether oxygens (including phenoxy) is 1. The smallest absolute Gasteiger partial charge is 0.222 e. The zero-order valence-corrected chi connectivity index (χ0v) is 12.4. The van der Waals surface area contributed by atoms with E-state index in [-0.39, 0.29) is 0 Å². The van der Waals surface area contributed by atoms with E-state index in [1.54, 1.807) is 0 Å². The minimum Gasteiger partial charge on any atom is -0.379 e. The van der Waals surface area contributed by atoms with Gasteiger partial charge < -0.3 is 15.8 Å². The van der Waals surface area contributed by atoms with Crippen molar-refractivity contribution >= 4 is 11.8 Å². The summed E-state index contributed by atoms with van der Waals surface area (Å²) >= 11 is 0. The third-order valence-corrected chi connectivity index (χ3v) is 3.42. The number of nitrogens with two attached hydrogens (primary N) is 1. The summed E-state index contributed by atoms with van der Waals surface area (Å²) in [7, 11) is 0. The van der Waals surface area contributed by atoms with Crippen LogP contribution in [0.15, 0.2) is 6.07 Å². The maximum absolute atomic E-state index is 5.73. The molecule has 2 heterocycles. The minimum absolute atomic E-state index is 0.340. The van der Waals surface area contributed by atoms with Crippen LogP contribution in [0.2, 0.25) is 0 Å². The second-order valence-electron chi connectivity index (χ2n) is 5.43. The van der Waals surface area contributed by atoms with Gasteiger partial charge in [0.25, 0.3) is 0 Å². The Balaban J connectivity index is 1.75. The predicted molar refractivity (Wildman–Crippen MR) is 80.9 cm³/mol. The van der Waals surface area contributed by atoms with Crippen molar-refractivity contribution in [2.45, 2.75) is 26.2 Å². The number of hydrogen-bond donors (Lipinski definition) is 2. The highest BCUT2D eigenvalue weighted by molar-refractivity contribution is 5.41. The highest BCUT2D eigenvalue weighted by Gasteiger charge is 2.09. The molecule has 0 amide bonds. The van der Waals surface area contributed by atoms with Gasteiger partial charge in [0.15, 0.2) is 0 Å². The monoisotopic (exact) mass is 279 g/mol. The molecule has 112 valence electrons. The number of anilines is 2. The fraction of sp³-hybridized carbons (Fsp3) is 0.714. The molecule has 1 fully saturated rings. The number of nitrogens with zero attached hydrogens (tertiary/aromatic N) is 3. The first-order valence-corrected chi connectivity index (χ1v) is 7.33. The molecule has 3 N–H and O–H groups in total. The summed E-state index contributed by atoms with van der Waals surface area (Å²) in [5, 5.41) is 3.33. The Bertz CT molecular complexity index is 418. The van der Waals surface area contributed by atoms with Crippen molar-refractivity contribution in [1.29, 1.82) is 0 Å². The Hall–Kier alpha value is -1.40. The Kier molecular flexibility index (Phi) is 5.55. The fourth-order valence-corrected chi connectivity index (χ4v) is 2.22. The zero-order chi connectivity index (χ0) is 14.4. The molecule has 2 rings (SSSR count). The lowest BCUT2D eigenvalue weighted by Crippen LogP contribution is -2.37. The average molecular weight is 279 g/mol. The van der Waals surface area contributed by atoms with Crippen molar-refractivity contribution in [3.8, 4) is 0 Å². The van der Waals surface area contributed by atoms with E-state index in [1.165, 1.54) is 0 Å². The quantitative estimate of drug-likeness (QED) is 0.765. The van der Waals surface area contributed by atoms with Crippen molar-refractivity contribution < 1.29 is 4.74 Å². The third kappa shape index (κ3) is 4.61. The van der Waals surface area contributed by atoms with E-state index in [2.05, 4.69) is 34.0 Å². The standard InChI is InChI=1S/C14H25N5O/c1-11(2)12-10-13(18-14(15)17-12)16-4-3-5-19-6-8-20-9-7-19/h10-11H,3-9H2,1-2H3,(H3,15,16,17,18). The summed E-state index contributed by atoms with van der Waals surface area (Å²) in [6.07, 6.45) is 1.08. The summed E-state index contributed by atoms with van der Waals surface area (Å²) < 4.78 is 5.34. The minimum atomic E-state index is 0.340. The van der Waals surface area contributed by atoms with Crippen LogP contribution in [-0.4, -0.2) is 54.3 Å². The van der Waals surface area contributed by atoms with Gasteiger partial charge in [-0.2, -0.15) is 4.98 Å². The highest BCUT2D eigenvalue weighted by atomic mass is 16.5. The van der Waals surface area contributed by atoms with Gasteiger partial charge in [0.1, 0.15) is 5.82 Å². The topological polar surface area (TPSA) is 76.3 Å². The van der Waals surface area contributed by atoms with Gasteiger partial charge in [-0.15, -0.1) is 0 Å². The molecule has 1 aromatic rings. The summed E-state index contributed by atoms with van der Waals surface area (Å²) in [6.45, 7) is 9.98.